The molecule has 3 aliphatic heterocycles. The van der Waals surface area contributed by atoms with Gasteiger partial charge >= 0.3 is 11.9 Å². The zero-order valence-electron chi connectivity index (χ0n) is 24.5. The van der Waals surface area contributed by atoms with Crippen molar-refractivity contribution in [3.63, 3.8) is 0 Å². The van der Waals surface area contributed by atoms with Gasteiger partial charge in [0, 0.05) is 11.1 Å². The summed E-state index contributed by atoms with van der Waals surface area (Å²) < 4.78 is 16.2. The van der Waals surface area contributed by atoms with E-state index in [9.17, 15) is 24.0 Å². The van der Waals surface area contributed by atoms with Crippen LogP contribution in [0.4, 0.5) is 5.69 Å². The largest absolute Gasteiger partial charge is 0.494 e. The van der Waals surface area contributed by atoms with E-state index in [0.29, 0.717) is 51.1 Å². The van der Waals surface area contributed by atoms with Crippen molar-refractivity contribution >= 4 is 81.5 Å². The summed E-state index contributed by atoms with van der Waals surface area (Å²) in [6, 6.07) is 5.25. The number of thiocarbonyl (C=S) groups is 1. The molecule has 228 valence electrons. The molecule has 1 saturated carbocycles. The highest BCUT2D eigenvalue weighted by Gasteiger charge is 2.51. The Hall–Kier alpha value is -3.16. The molecule has 0 spiro atoms. The number of imide groups is 1. The SMILES string of the molecule is CCOc1ccc2c(c1)C(=C1SC(C(=O)OC)=C(C(=O)OC)S1)C(=S)C(C)(C)N2C(=O)CN1C(=O)[C@H]2CCCC[C@H]2C1=O. The molecule has 1 aliphatic carbocycles. The van der Waals surface area contributed by atoms with E-state index in [2.05, 4.69) is 0 Å². The van der Waals surface area contributed by atoms with E-state index in [4.69, 9.17) is 26.4 Å². The van der Waals surface area contributed by atoms with Gasteiger partial charge in [0.15, 0.2) is 0 Å². The van der Waals surface area contributed by atoms with E-state index in [-0.39, 0.29) is 40.0 Å². The van der Waals surface area contributed by atoms with Gasteiger partial charge in [-0.15, -0.1) is 0 Å². The Balaban J connectivity index is 1.59. The van der Waals surface area contributed by atoms with Gasteiger partial charge in [0.1, 0.15) is 22.1 Å². The number of hydrogen-bond donors (Lipinski definition) is 0. The molecule has 0 N–H and O–H groups in total. The van der Waals surface area contributed by atoms with E-state index >= 15 is 0 Å². The zero-order valence-corrected chi connectivity index (χ0v) is 27.0. The van der Waals surface area contributed by atoms with Crippen molar-refractivity contribution in [2.75, 3.05) is 32.3 Å². The average Bonchev–Trinajstić information content (AvgIpc) is 3.53. The van der Waals surface area contributed by atoms with Gasteiger partial charge < -0.3 is 14.2 Å². The fraction of sp³-hybridized carbons (Fsp3) is 0.467. The summed E-state index contributed by atoms with van der Waals surface area (Å²) in [5, 5.41) is 0. The number of amides is 3. The van der Waals surface area contributed by atoms with Gasteiger partial charge in [-0.25, -0.2) is 9.59 Å². The maximum atomic E-state index is 14.1. The van der Waals surface area contributed by atoms with Crippen molar-refractivity contribution in [1.82, 2.24) is 4.90 Å². The van der Waals surface area contributed by atoms with Crippen molar-refractivity contribution in [1.29, 1.82) is 0 Å². The van der Waals surface area contributed by atoms with Crippen LogP contribution in [0.1, 0.15) is 52.0 Å². The van der Waals surface area contributed by atoms with Gasteiger partial charge in [-0.2, -0.15) is 0 Å². The quantitative estimate of drug-likeness (QED) is 0.189. The van der Waals surface area contributed by atoms with Crippen LogP contribution in [0, 0.1) is 11.8 Å². The van der Waals surface area contributed by atoms with E-state index in [1.165, 1.54) is 19.1 Å². The molecule has 2 fully saturated rings. The molecule has 0 unspecified atom stereocenters. The smallest absolute Gasteiger partial charge is 0.346 e. The predicted octanol–water partition coefficient (Wildman–Crippen LogP) is 4.46. The number of nitrogens with zero attached hydrogens (tertiary/aromatic N) is 2. The molecule has 0 bridgehead atoms. The highest BCUT2D eigenvalue weighted by Crippen LogP contribution is 2.56. The van der Waals surface area contributed by atoms with Gasteiger partial charge in [0.2, 0.25) is 17.7 Å². The minimum Gasteiger partial charge on any atom is -0.494 e. The molecule has 13 heteroatoms. The van der Waals surface area contributed by atoms with E-state index in [0.717, 1.165) is 41.3 Å². The second-order valence-corrected chi connectivity index (χ2v) is 13.7. The fourth-order valence-electron chi connectivity index (χ4n) is 6.09. The maximum Gasteiger partial charge on any atom is 0.346 e. The molecule has 1 aromatic carbocycles. The first-order valence-electron chi connectivity index (χ1n) is 14.0. The third-order valence-electron chi connectivity index (χ3n) is 8.15. The van der Waals surface area contributed by atoms with Gasteiger partial charge in [0.25, 0.3) is 0 Å². The Labute approximate surface area is 263 Å². The summed E-state index contributed by atoms with van der Waals surface area (Å²) in [7, 11) is 2.46. The number of methoxy groups -OCH3 is 2. The van der Waals surface area contributed by atoms with Crippen LogP contribution in [0.2, 0.25) is 0 Å². The molecule has 0 aromatic heterocycles. The van der Waals surface area contributed by atoms with Crippen LogP contribution < -0.4 is 9.64 Å². The molecular formula is C30H32N2O8S3. The number of carbonyl (C=O) groups excluding carboxylic acids is 5. The zero-order chi connectivity index (χ0) is 31.2. The van der Waals surface area contributed by atoms with Gasteiger partial charge in [-0.05, 0) is 51.8 Å². The molecule has 10 nitrogen and oxygen atoms in total. The molecule has 0 radical (unpaired) electrons. The Bertz CT molecular complexity index is 1460. The highest BCUT2D eigenvalue weighted by atomic mass is 32.2. The first-order chi connectivity index (χ1) is 20.5. The number of thioether (sulfide) groups is 2. The highest BCUT2D eigenvalue weighted by molar-refractivity contribution is 8.29. The van der Waals surface area contributed by atoms with Crippen LogP contribution in [0.5, 0.6) is 5.75 Å². The Kier molecular flexibility index (Phi) is 8.79. The third-order valence-corrected chi connectivity index (χ3v) is 11.4. The number of esters is 2. The second kappa shape index (κ2) is 12.1. The Morgan fingerprint density at radius 2 is 1.53 bits per heavy atom. The van der Waals surface area contributed by atoms with Crippen molar-refractivity contribution < 1.29 is 38.2 Å². The van der Waals surface area contributed by atoms with Crippen molar-refractivity contribution in [3.8, 4) is 5.75 Å². The summed E-state index contributed by atoms with van der Waals surface area (Å²) in [4.78, 5) is 68.9. The van der Waals surface area contributed by atoms with Gasteiger partial charge in [-0.1, -0.05) is 48.6 Å². The summed E-state index contributed by atoms with van der Waals surface area (Å²) in [5.74, 6) is -2.58. The average molecular weight is 645 g/mol. The summed E-state index contributed by atoms with van der Waals surface area (Å²) in [5.41, 5.74) is 0.531. The van der Waals surface area contributed by atoms with Crippen LogP contribution in [0.15, 0.2) is 32.2 Å². The van der Waals surface area contributed by atoms with Crippen LogP contribution in [-0.2, 0) is 33.4 Å². The standard InChI is InChI=1S/C30H32N2O8S3/c1-6-40-15-11-12-19-18(13-15)21(29-42-22(27(36)38-4)23(43-29)28(37)39-5)24(41)30(2,3)32(19)20(33)14-31-25(34)16-9-7-8-10-17(16)26(31)35/h11-13,16-17H,6-10,14H2,1-5H3/t16-,17+. The van der Waals surface area contributed by atoms with E-state index in [1.54, 1.807) is 32.0 Å². The van der Waals surface area contributed by atoms with Gasteiger partial charge in [0.05, 0.1) is 53.0 Å². The fourth-order valence-corrected chi connectivity index (χ4v) is 9.13. The number of rotatable bonds is 6. The summed E-state index contributed by atoms with van der Waals surface area (Å²) in [6.07, 6.45) is 3.10. The topological polar surface area (TPSA) is 120 Å². The predicted molar refractivity (Wildman–Crippen MR) is 167 cm³/mol. The molecular weight excluding hydrogens is 613 g/mol. The Morgan fingerprint density at radius 3 is 2.05 bits per heavy atom. The van der Waals surface area contributed by atoms with Crippen LogP contribution in [0.25, 0.3) is 5.57 Å². The minimum absolute atomic E-state index is 0.0796. The van der Waals surface area contributed by atoms with Crippen LogP contribution in [-0.4, -0.2) is 72.3 Å². The number of benzene rings is 1. The molecule has 2 atom stereocenters. The number of ether oxygens (including phenoxy) is 3. The molecule has 3 amide bonds. The lowest BCUT2D eigenvalue weighted by atomic mass is 9.81. The molecule has 1 aromatic rings. The molecule has 3 heterocycles. The molecule has 1 saturated heterocycles. The molecule has 4 aliphatic rings. The summed E-state index contributed by atoms with van der Waals surface area (Å²) >= 11 is 8.15. The number of hydrogen-bond acceptors (Lipinski definition) is 11. The minimum atomic E-state index is -1.09. The van der Waals surface area contributed by atoms with Crippen molar-refractivity contribution in [3.05, 3.63) is 37.8 Å². The van der Waals surface area contributed by atoms with Crippen LogP contribution >= 0.6 is 35.7 Å². The van der Waals surface area contributed by atoms with Gasteiger partial charge in [-0.3, -0.25) is 24.2 Å². The van der Waals surface area contributed by atoms with E-state index in [1.807, 2.05) is 6.92 Å². The van der Waals surface area contributed by atoms with Crippen molar-refractivity contribution in [2.45, 2.75) is 52.0 Å². The first kappa shape index (κ1) is 31.3. The Morgan fingerprint density at radius 1 is 0.977 bits per heavy atom. The van der Waals surface area contributed by atoms with Crippen molar-refractivity contribution in [2.24, 2.45) is 11.8 Å². The maximum absolute atomic E-state index is 14.1. The third kappa shape index (κ3) is 5.29. The molecule has 43 heavy (non-hydrogen) atoms. The number of likely N-dealkylation sites (tertiary alicyclic amines) is 1. The monoisotopic (exact) mass is 644 g/mol. The van der Waals surface area contributed by atoms with Crippen LogP contribution in [0.3, 0.4) is 0 Å². The lowest BCUT2D eigenvalue weighted by molar-refractivity contribution is -0.143. The first-order valence-corrected chi connectivity index (χ1v) is 16.0. The number of carbonyl (C=O) groups is 5. The summed E-state index contributed by atoms with van der Waals surface area (Å²) in [6.45, 7) is 5.44. The van der Waals surface area contributed by atoms with E-state index < -0.39 is 23.4 Å². The normalized spacial score (nSPS) is 23.0. The lowest BCUT2D eigenvalue weighted by Gasteiger charge is -2.45. The second-order valence-electron chi connectivity index (χ2n) is 11.0. The lowest BCUT2D eigenvalue weighted by Crippen LogP contribution is -2.58. The number of anilines is 1. The molecule has 5 rings (SSSR count). The number of fused-ring (bicyclic) bond motifs is 2.